The molecule has 7 nitrogen and oxygen atoms in total. The fourth-order valence-corrected chi connectivity index (χ4v) is 4.55. The van der Waals surface area contributed by atoms with Crippen LogP contribution in [0.3, 0.4) is 0 Å². The van der Waals surface area contributed by atoms with Gasteiger partial charge < -0.3 is 14.8 Å². The third-order valence-electron chi connectivity index (χ3n) is 4.66. The Bertz CT molecular complexity index is 991. The number of hydrogen-bond acceptors (Lipinski definition) is 5. The Morgan fingerprint density at radius 3 is 2.30 bits per heavy atom. The predicted molar refractivity (Wildman–Crippen MR) is 112 cm³/mol. The minimum absolute atomic E-state index is 0.0782. The molecule has 2 aromatic carbocycles. The molecule has 0 bridgehead atoms. The first-order valence-electron chi connectivity index (χ1n) is 9.57. The lowest BCUT2D eigenvalue weighted by molar-refractivity contribution is 0.0954. The molecule has 30 heavy (non-hydrogen) atoms. The Morgan fingerprint density at radius 2 is 1.70 bits per heavy atom. The highest BCUT2D eigenvalue weighted by Gasteiger charge is 2.26. The van der Waals surface area contributed by atoms with Gasteiger partial charge in [0, 0.05) is 25.2 Å². The molecule has 0 unspecified atom stereocenters. The van der Waals surface area contributed by atoms with Crippen molar-refractivity contribution in [2.75, 3.05) is 33.9 Å². The minimum Gasteiger partial charge on any atom is -0.493 e. The Kier molecular flexibility index (Phi) is 8.19. The van der Waals surface area contributed by atoms with Gasteiger partial charge in [-0.05, 0) is 42.3 Å². The molecule has 2 rings (SSSR count). The molecule has 0 saturated carbocycles. The number of nitrogens with one attached hydrogen (secondary N) is 1. The molecule has 164 valence electrons. The van der Waals surface area contributed by atoms with Gasteiger partial charge in [0.1, 0.15) is 10.7 Å². The van der Waals surface area contributed by atoms with Crippen LogP contribution in [0.25, 0.3) is 0 Å². The SMILES string of the molecule is CCN(CC)S(=O)(=O)c1cc(C(=O)NCCc2ccc(OC)c(OC)c2)ccc1F. The fraction of sp³-hybridized carbons (Fsp3) is 0.381. The predicted octanol–water partition coefficient (Wildman–Crippen LogP) is 2.85. The zero-order chi connectivity index (χ0) is 22.3. The minimum atomic E-state index is -4.01. The van der Waals surface area contributed by atoms with E-state index in [1.54, 1.807) is 34.1 Å². The molecule has 0 aromatic heterocycles. The van der Waals surface area contributed by atoms with Crippen molar-refractivity contribution >= 4 is 15.9 Å². The van der Waals surface area contributed by atoms with Crippen LogP contribution < -0.4 is 14.8 Å². The molecule has 0 radical (unpaired) electrons. The van der Waals surface area contributed by atoms with Crippen molar-refractivity contribution in [2.45, 2.75) is 25.2 Å². The molecular weight excluding hydrogens is 411 g/mol. The summed E-state index contributed by atoms with van der Waals surface area (Å²) in [6.45, 7) is 4.07. The van der Waals surface area contributed by atoms with E-state index in [9.17, 15) is 17.6 Å². The average Bonchev–Trinajstić information content (AvgIpc) is 2.74. The zero-order valence-corrected chi connectivity index (χ0v) is 18.4. The van der Waals surface area contributed by atoms with Gasteiger partial charge in [0.05, 0.1) is 14.2 Å². The molecule has 0 spiro atoms. The summed E-state index contributed by atoms with van der Waals surface area (Å²) in [5.74, 6) is -0.167. The van der Waals surface area contributed by atoms with Crippen LogP contribution in [-0.4, -0.2) is 52.5 Å². The number of carbonyl (C=O) groups is 1. The zero-order valence-electron chi connectivity index (χ0n) is 17.6. The van der Waals surface area contributed by atoms with Gasteiger partial charge in [0.25, 0.3) is 5.91 Å². The molecule has 1 amide bonds. The van der Waals surface area contributed by atoms with Gasteiger partial charge in [-0.15, -0.1) is 0 Å². The smallest absolute Gasteiger partial charge is 0.251 e. The molecule has 0 aliphatic heterocycles. The van der Waals surface area contributed by atoms with Gasteiger partial charge in [-0.2, -0.15) is 4.31 Å². The van der Waals surface area contributed by atoms with E-state index in [4.69, 9.17) is 9.47 Å². The lowest BCUT2D eigenvalue weighted by Crippen LogP contribution is -2.32. The molecule has 2 aromatic rings. The van der Waals surface area contributed by atoms with Crippen LogP contribution >= 0.6 is 0 Å². The molecular formula is C21H27FN2O5S. The van der Waals surface area contributed by atoms with E-state index >= 15 is 0 Å². The van der Waals surface area contributed by atoms with E-state index in [2.05, 4.69) is 5.32 Å². The topological polar surface area (TPSA) is 84.9 Å². The second-order valence-electron chi connectivity index (χ2n) is 6.43. The van der Waals surface area contributed by atoms with Crippen LogP contribution in [0, 0.1) is 5.82 Å². The second-order valence-corrected chi connectivity index (χ2v) is 8.34. The highest BCUT2D eigenvalue weighted by Crippen LogP contribution is 2.27. The van der Waals surface area contributed by atoms with Gasteiger partial charge >= 0.3 is 0 Å². The second kappa shape index (κ2) is 10.4. The molecule has 0 aliphatic rings. The van der Waals surface area contributed by atoms with E-state index in [0.29, 0.717) is 24.5 Å². The summed E-state index contributed by atoms with van der Waals surface area (Å²) in [7, 11) is -0.919. The normalized spacial score (nSPS) is 11.4. The van der Waals surface area contributed by atoms with Crippen LogP contribution in [0.15, 0.2) is 41.3 Å². The number of halogens is 1. The fourth-order valence-electron chi connectivity index (χ4n) is 3.00. The summed E-state index contributed by atoms with van der Waals surface area (Å²) >= 11 is 0. The van der Waals surface area contributed by atoms with Crippen molar-refractivity contribution in [3.05, 3.63) is 53.3 Å². The van der Waals surface area contributed by atoms with Crippen LogP contribution in [0.1, 0.15) is 29.8 Å². The Balaban J connectivity index is 2.11. The van der Waals surface area contributed by atoms with Crippen LogP contribution in [0.4, 0.5) is 4.39 Å². The Labute approximate surface area is 176 Å². The number of rotatable bonds is 10. The molecule has 0 heterocycles. The van der Waals surface area contributed by atoms with E-state index in [0.717, 1.165) is 22.0 Å². The summed E-state index contributed by atoms with van der Waals surface area (Å²) in [4.78, 5) is 12.0. The van der Waals surface area contributed by atoms with Gasteiger partial charge in [-0.1, -0.05) is 19.9 Å². The van der Waals surface area contributed by atoms with Crippen LogP contribution in [0.2, 0.25) is 0 Å². The lowest BCUT2D eigenvalue weighted by Gasteiger charge is -2.19. The molecule has 0 saturated heterocycles. The third kappa shape index (κ3) is 5.28. The van der Waals surface area contributed by atoms with Crippen LogP contribution in [0.5, 0.6) is 11.5 Å². The Morgan fingerprint density at radius 1 is 1.03 bits per heavy atom. The molecule has 1 N–H and O–H groups in total. The maximum atomic E-state index is 14.2. The van der Waals surface area contributed by atoms with Gasteiger partial charge in [0.2, 0.25) is 10.0 Å². The van der Waals surface area contributed by atoms with E-state index in [-0.39, 0.29) is 18.7 Å². The quantitative estimate of drug-likeness (QED) is 0.617. The van der Waals surface area contributed by atoms with E-state index in [1.807, 2.05) is 12.1 Å². The molecule has 0 aliphatic carbocycles. The van der Waals surface area contributed by atoms with Crippen molar-refractivity contribution in [1.82, 2.24) is 9.62 Å². The number of sulfonamides is 1. The van der Waals surface area contributed by atoms with Crippen molar-refractivity contribution in [3.8, 4) is 11.5 Å². The van der Waals surface area contributed by atoms with Crippen molar-refractivity contribution in [1.29, 1.82) is 0 Å². The molecule has 0 atom stereocenters. The average molecular weight is 439 g/mol. The first-order chi connectivity index (χ1) is 14.3. The summed E-state index contributed by atoms with van der Waals surface area (Å²) in [6.07, 6.45) is 0.526. The standard InChI is InChI=1S/C21H27FN2O5S/c1-5-24(6-2)30(26,27)20-14-16(8-9-17(20)22)21(25)23-12-11-15-7-10-18(28-3)19(13-15)29-4/h7-10,13-14H,5-6,11-12H2,1-4H3,(H,23,25). The maximum Gasteiger partial charge on any atom is 0.251 e. The largest absolute Gasteiger partial charge is 0.493 e. The van der Waals surface area contributed by atoms with E-state index in [1.165, 1.54) is 6.07 Å². The third-order valence-corrected chi connectivity index (χ3v) is 6.73. The number of methoxy groups -OCH3 is 2. The van der Waals surface area contributed by atoms with E-state index < -0.39 is 26.6 Å². The van der Waals surface area contributed by atoms with Gasteiger partial charge in [-0.25, -0.2) is 12.8 Å². The van der Waals surface area contributed by atoms with Crippen molar-refractivity contribution < 1.29 is 27.1 Å². The number of benzene rings is 2. The van der Waals surface area contributed by atoms with Crippen molar-refractivity contribution in [2.24, 2.45) is 0 Å². The summed E-state index contributed by atoms with van der Waals surface area (Å²) in [5, 5.41) is 2.73. The maximum absolute atomic E-state index is 14.2. The Hall–Kier alpha value is -2.65. The van der Waals surface area contributed by atoms with Gasteiger partial charge in [-0.3, -0.25) is 4.79 Å². The first kappa shape index (κ1) is 23.6. The van der Waals surface area contributed by atoms with Crippen molar-refractivity contribution in [3.63, 3.8) is 0 Å². The molecule has 9 heteroatoms. The molecule has 0 fully saturated rings. The number of hydrogen-bond donors (Lipinski definition) is 1. The number of nitrogens with zero attached hydrogens (tertiary/aromatic N) is 1. The highest BCUT2D eigenvalue weighted by molar-refractivity contribution is 7.89. The first-order valence-corrected chi connectivity index (χ1v) is 11.0. The summed E-state index contributed by atoms with van der Waals surface area (Å²) < 4.78 is 51.1. The monoisotopic (exact) mass is 438 g/mol. The highest BCUT2D eigenvalue weighted by atomic mass is 32.2. The van der Waals surface area contributed by atoms with Gasteiger partial charge in [0.15, 0.2) is 11.5 Å². The number of carbonyl (C=O) groups excluding carboxylic acids is 1. The van der Waals surface area contributed by atoms with Crippen LogP contribution in [-0.2, 0) is 16.4 Å². The summed E-state index contributed by atoms with van der Waals surface area (Å²) in [5.41, 5.74) is 1.01. The lowest BCUT2D eigenvalue weighted by atomic mass is 10.1. The summed E-state index contributed by atoms with van der Waals surface area (Å²) in [6, 6.07) is 8.80. The number of ether oxygens (including phenoxy) is 2. The number of amides is 1.